The topological polar surface area (TPSA) is 315 Å². The van der Waals surface area contributed by atoms with E-state index in [1.807, 2.05) is 0 Å². The lowest BCUT2D eigenvalue weighted by Crippen LogP contribution is -2.28. The van der Waals surface area contributed by atoms with Gasteiger partial charge in [0.05, 0.1) is 32.3 Å². The zero-order valence-corrected chi connectivity index (χ0v) is 34.1. The van der Waals surface area contributed by atoms with E-state index in [9.17, 15) is 74.8 Å². The quantitative estimate of drug-likeness (QED) is 0.0851. The summed E-state index contributed by atoms with van der Waals surface area (Å²) in [6.07, 6.45) is 6.89. The second-order valence-corrected chi connectivity index (χ2v) is 21.3. The molecule has 2 aromatic rings. The summed E-state index contributed by atoms with van der Waals surface area (Å²) < 4.78 is 169. The molecular weight excluding hydrogens is 845 g/mol. The van der Waals surface area contributed by atoms with Gasteiger partial charge in [0.2, 0.25) is 5.69 Å². The number of carboxylic acids is 1. The van der Waals surface area contributed by atoms with Crippen molar-refractivity contribution < 1.29 is 79.3 Å². The first kappa shape index (κ1) is 44.9. The molecule has 2 aliphatic heterocycles. The number of hydrogen-bond acceptors (Lipinski definition) is 12. The van der Waals surface area contributed by atoms with Crippen molar-refractivity contribution in [2.75, 3.05) is 29.5 Å². The Morgan fingerprint density at radius 1 is 0.714 bits per heavy atom. The van der Waals surface area contributed by atoms with Crippen LogP contribution < -0.4 is 4.90 Å². The Labute approximate surface area is 324 Å². The van der Waals surface area contributed by atoms with Gasteiger partial charge >= 0.3 is 16.1 Å². The van der Waals surface area contributed by atoms with Gasteiger partial charge in [-0.1, -0.05) is 32.1 Å². The largest absolute Gasteiger partial charge is 0.478 e. The lowest BCUT2D eigenvalue weighted by molar-refractivity contribution is -0.440. The van der Waals surface area contributed by atoms with Crippen LogP contribution in [0.2, 0.25) is 0 Å². The second-order valence-electron chi connectivity index (χ2n) is 13.9. The van der Waals surface area contributed by atoms with E-state index in [1.54, 1.807) is 27.7 Å². The lowest BCUT2D eigenvalue weighted by Gasteiger charge is -2.27. The number of benzene rings is 2. The van der Waals surface area contributed by atoms with Crippen LogP contribution in [0.15, 0.2) is 75.0 Å². The van der Waals surface area contributed by atoms with Crippen molar-refractivity contribution in [1.29, 1.82) is 0 Å². The van der Waals surface area contributed by atoms with Crippen molar-refractivity contribution in [3.8, 4) is 0 Å². The number of fused-ring (bicyclic) bond motifs is 2. The molecule has 0 saturated heterocycles. The predicted molar refractivity (Wildman–Crippen MR) is 201 cm³/mol. The van der Waals surface area contributed by atoms with Crippen LogP contribution in [0.25, 0.3) is 0 Å². The van der Waals surface area contributed by atoms with Crippen LogP contribution in [0, 0.1) is 0 Å². The van der Waals surface area contributed by atoms with Crippen LogP contribution in [0.3, 0.4) is 0 Å². The van der Waals surface area contributed by atoms with Gasteiger partial charge in [-0.2, -0.15) is 46.7 Å². The Kier molecular flexibility index (Phi) is 12.1. The molecule has 56 heavy (non-hydrogen) atoms. The third-order valence-electron chi connectivity index (χ3n) is 9.26. The maximum Gasteiger partial charge on any atom is 0.336 e. The molecule has 2 heterocycles. The summed E-state index contributed by atoms with van der Waals surface area (Å²) in [4.78, 5) is 11.3. The molecule has 0 aliphatic carbocycles. The average Bonchev–Trinajstić information content (AvgIpc) is 3.36. The molecule has 0 radical (unpaired) electrons. The van der Waals surface area contributed by atoms with E-state index in [0.717, 1.165) is 18.2 Å². The zero-order chi connectivity index (χ0) is 42.6. The normalized spacial score (nSPS) is 18.0. The molecule has 4 rings (SSSR count). The van der Waals surface area contributed by atoms with Crippen molar-refractivity contribution in [1.82, 2.24) is 0 Å². The molecule has 6 N–H and O–H groups in total. The van der Waals surface area contributed by atoms with Gasteiger partial charge in [0.1, 0.15) is 6.54 Å². The smallest absolute Gasteiger partial charge is 0.336 e. The van der Waals surface area contributed by atoms with Gasteiger partial charge in [0.25, 0.3) is 40.5 Å². The molecule has 0 atom stereocenters. The van der Waals surface area contributed by atoms with Gasteiger partial charge < -0.3 is 10.0 Å². The van der Waals surface area contributed by atoms with Gasteiger partial charge in [-0.15, -0.1) is 0 Å². The molecule has 19 nitrogen and oxygen atoms in total. The highest BCUT2D eigenvalue weighted by Crippen LogP contribution is 2.50. The van der Waals surface area contributed by atoms with E-state index in [1.165, 1.54) is 39.9 Å². The highest BCUT2D eigenvalue weighted by atomic mass is 32.2. The predicted octanol–water partition coefficient (Wildman–Crippen LogP) is 2.85. The van der Waals surface area contributed by atoms with Crippen LogP contribution in [0.5, 0.6) is 0 Å². The van der Waals surface area contributed by atoms with Gasteiger partial charge in [-0.3, -0.25) is 22.8 Å². The standard InChI is InChI=1S/C32H38N2O17S5/c1-31(2)23-17-21(55(46,47)48)19-25(56(49,50)51)29(23)34(13-9-15-53(40,41)42)26(31)10-6-5-7-11-27-32(3,4)28-22(30(35)36)16-20(54(43,44)45)18-24(28)33(27)12-8-14-52(37,38)39/h5-7,10-11,16-19H,8-9,12-15H2,1-4H3,(H5-,35,36,37,38,39,40,41,42,43,44,45,46,47,48,49,50,51)/p+1. The van der Waals surface area contributed by atoms with Gasteiger partial charge in [0.15, 0.2) is 10.6 Å². The number of carboxylic acid groups (broad SMARTS) is 1. The maximum atomic E-state index is 12.5. The van der Waals surface area contributed by atoms with E-state index < -0.39 is 99.1 Å². The van der Waals surface area contributed by atoms with E-state index in [0.29, 0.717) is 11.8 Å². The van der Waals surface area contributed by atoms with Crippen LogP contribution >= 0.6 is 0 Å². The average molecular weight is 884 g/mol. The minimum Gasteiger partial charge on any atom is -0.478 e. The van der Waals surface area contributed by atoms with Crippen molar-refractivity contribution in [3.05, 3.63) is 77.0 Å². The monoisotopic (exact) mass is 883 g/mol. The summed E-state index contributed by atoms with van der Waals surface area (Å²) in [7, 11) is -24.0. The molecule has 0 amide bonds. The molecule has 0 bridgehead atoms. The molecule has 0 unspecified atom stereocenters. The van der Waals surface area contributed by atoms with E-state index in [4.69, 9.17) is 0 Å². The third-order valence-corrected chi connectivity index (χ3v) is 13.4. The maximum absolute atomic E-state index is 12.5. The van der Waals surface area contributed by atoms with Crippen molar-refractivity contribution in [2.45, 2.75) is 66.1 Å². The van der Waals surface area contributed by atoms with Gasteiger partial charge in [-0.05, 0) is 50.6 Å². The molecule has 0 aromatic heterocycles. The van der Waals surface area contributed by atoms with Crippen LogP contribution in [-0.2, 0) is 61.4 Å². The highest BCUT2D eigenvalue weighted by molar-refractivity contribution is 7.87. The van der Waals surface area contributed by atoms with Gasteiger partial charge in [0, 0.05) is 47.0 Å². The minimum absolute atomic E-state index is 0.0161. The molecule has 0 spiro atoms. The van der Waals surface area contributed by atoms with E-state index in [2.05, 4.69) is 0 Å². The Morgan fingerprint density at radius 3 is 1.79 bits per heavy atom. The Bertz CT molecular complexity index is 2690. The van der Waals surface area contributed by atoms with Crippen molar-refractivity contribution in [3.63, 3.8) is 0 Å². The summed E-state index contributed by atoms with van der Waals surface area (Å²) in [6, 6.07) is 3.39. The Hall–Kier alpha value is -3.85. The number of rotatable bonds is 15. The van der Waals surface area contributed by atoms with Gasteiger partial charge in [-0.25, -0.2) is 4.79 Å². The summed E-state index contributed by atoms with van der Waals surface area (Å²) >= 11 is 0. The number of hydrogen-bond donors (Lipinski definition) is 6. The molecule has 2 aliphatic rings. The fourth-order valence-electron chi connectivity index (χ4n) is 6.90. The van der Waals surface area contributed by atoms with Crippen molar-refractivity contribution >= 4 is 73.6 Å². The number of allylic oxidation sites excluding steroid dienone is 6. The van der Waals surface area contributed by atoms with Crippen LogP contribution in [0.1, 0.15) is 62.0 Å². The van der Waals surface area contributed by atoms with E-state index in [-0.39, 0.29) is 54.1 Å². The minimum atomic E-state index is -5.16. The van der Waals surface area contributed by atoms with Crippen molar-refractivity contribution in [2.24, 2.45) is 0 Å². The van der Waals surface area contributed by atoms with Crippen LogP contribution in [0.4, 0.5) is 11.4 Å². The highest BCUT2D eigenvalue weighted by Gasteiger charge is 2.48. The summed E-state index contributed by atoms with van der Waals surface area (Å²) in [5, 5.41) is 10.0. The lowest BCUT2D eigenvalue weighted by atomic mass is 9.81. The first-order chi connectivity index (χ1) is 25.3. The number of carbonyl (C=O) groups is 1. The van der Waals surface area contributed by atoms with E-state index >= 15 is 0 Å². The summed E-state index contributed by atoms with van der Waals surface area (Å²) in [6.45, 7) is 5.94. The fraction of sp³-hybridized carbons (Fsp3) is 0.375. The Morgan fingerprint density at radius 2 is 1.27 bits per heavy atom. The molecule has 0 fully saturated rings. The SMILES string of the molecule is CC1(C)C(/C=C/C=C/C=C2/N(CCCS(=O)(=O)O)c3cc(S(=O)(=O)O)cc(C(=O)O)c3C2(C)C)=[N+](CCCS(=O)(=O)O)c2c1cc(S(=O)(=O)O)cc2S(=O)(=O)O. The number of nitrogens with zero attached hydrogens (tertiary/aromatic N) is 2. The zero-order valence-electron chi connectivity index (χ0n) is 30.0. The first-order valence-corrected chi connectivity index (χ1v) is 23.7. The first-order valence-electron chi connectivity index (χ1n) is 16.2. The molecular formula is C32H39N2O17S5+. The molecule has 2 aromatic carbocycles. The molecule has 0 saturated carbocycles. The van der Waals surface area contributed by atoms with Crippen LogP contribution in [-0.4, -0.2) is 111 Å². The number of aromatic carboxylic acids is 1. The number of anilines is 1. The molecule has 308 valence electrons. The third kappa shape index (κ3) is 9.63. The summed E-state index contributed by atoms with van der Waals surface area (Å²) in [5.41, 5.74) is -2.34. The Balaban J connectivity index is 1.88. The molecule has 24 heteroatoms. The fourth-order valence-corrected chi connectivity index (χ4v) is 9.76. The summed E-state index contributed by atoms with van der Waals surface area (Å²) in [5.74, 6) is -2.96. The second kappa shape index (κ2) is 15.1.